The Morgan fingerprint density at radius 2 is 2.00 bits per heavy atom. The van der Waals surface area contributed by atoms with Gasteiger partial charge in [0.15, 0.2) is 5.65 Å². The molecule has 1 aliphatic heterocycles. The predicted molar refractivity (Wildman–Crippen MR) is 95.5 cm³/mol. The SMILES string of the molecule is Cc1cc2nccnc2nc1N1CCc2nc(C3(C)CC3)sc2C1. The van der Waals surface area contributed by atoms with E-state index in [0.29, 0.717) is 5.41 Å². The average Bonchev–Trinajstić information content (AvgIpc) is 3.19. The summed E-state index contributed by atoms with van der Waals surface area (Å²) in [7, 11) is 0. The van der Waals surface area contributed by atoms with Crippen molar-refractivity contribution in [2.45, 2.75) is 45.1 Å². The summed E-state index contributed by atoms with van der Waals surface area (Å²) in [6.45, 7) is 6.31. The molecule has 3 aromatic rings. The third kappa shape index (κ3) is 2.20. The molecule has 5 rings (SSSR count). The molecule has 4 heterocycles. The summed E-state index contributed by atoms with van der Waals surface area (Å²) in [6, 6.07) is 2.09. The second-order valence-corrected chi connectivity index (χ2v) is 8.23. The minimum absolute atomic E-state index is 0.361. The molecule has 1 aliphatic carbocycles. The van der Waals surface area contributed by atoms with Gasteiger partial charge in [0.2, 0.25) is 0 Å². The smallest absolute Gasteiger partial charge is 0.180 e. The van der Waals surface area contributed by atoms with E-state index in [4.69, 9.17) is 9.97 Å². The first kappa shape index (κ1) is 14.3. The van der Waals surface area contributed by atoms with Gasteiger partial charge in [-0.3, -0.25) is 4.98 Å². The van der Waals surface area contributed by atoms with Crippen molar-refractivity contribution in [3.8, 4) is 0 Å². The molecule has 3 aromatic heterocycles. The van der Waals surface area contributed by atoms with Gasteiger partial charge in [-0.1, -0.05) is 6.92 Å². The lowest BCUT2D eigenvalue weighted by Crippen LogP contribution is -2.31. The summed E-state index contributed by atoms with van der Waals surface area (Å²) >= 11 is 1.90. The van der Waals surface area contributed by atoms with Crippen LogP contribution in [0, 0.1) is 6.92 Å². The second kappa shape index (κ2) is 4.96. The topological polar surface area (TPSA) is 54.8 Å². The van der Waals surface area contributed by atoms with E-state index in [2.05, 4.69) is 34.8 Å². The first-order chi connectivity index (χ1) is 11.6. The van der Waals surface area contributed by atoms with Crippen LogP contribution in [-0.2, 0) is 18.4 Å². The summed E-state index contributed by atoms with van der Waals surface area (Å²) in [5.74, 6) is 1.03. The fraction of sp³-hybridized carbons (Fsp3) is 0.444. The number of aryl methyl sites for hydroxylation is 1. The van der Waals surface area contributed by atoms with Crippen molar-refractivity contribution in [1.29, 1.82) is 0 Å². The predicted octanol–water partition coefficient (Wildman–Crippen LogP) is 3.40. The number of hydrogen-bond acceptors (Lipinski definition) is 6. The normalized spacial score (nSPS) is 18.7. The van der Waals surface area contributed by atoms with E-state index in [0.717, 1.165) is 42.1 Å². The molecule has 0 radical (unpaired) electrons. The zero-order valence-electron chi connectivity index (χ0n) is 13.9. The van der Waals surface area contributed by atoms with Crippen molar-refractivity contribution in [1.82, 2.24) is 19.9 Å². The molecule has 0 N–H and O–H groups in total. The Kier molecular flexibility index (Phi) is 2.95. The minimum Gasteiger partial charge on any atom is -0.351 e. The number of pyridine rings is 1. The van der Waals surface area contributed by atoms with E-state index in [1.807, 2.05) is 11.3 Å². The van der Waals surface area contributed by atoms with Crippen LogP contribution in [-0.4, -0.2) is 26.5 Å². The van der Waals surface area contributed by atoms with Gasteiger partial charge in [-0.15, -0.1) is 11.3 Å². The summed E-state index contributed by atoms with van der Waals surface area (Å²) in [5, 5.41) is 1.34. The number of fused-ring (bicyclic) bond motifs is 2. The average molecular weight is 337 g/mol. The van der Waals surface area contributed by atoms with Crippen LogP contribution in [0.15, 0.2) is 18.5 Å². The van der Waals surface area contributed by atoms with E-state index in [-0.39, 0.29) is 0 Å². The van der Waals surface area contributed by atoms with Crippen LogP contribution in [0.25, 0.3) is 11.2 Å². The van der Waals surface area contributed by atoms with Gasteiger partial charge in [0, 0.05) is 35.7 Å². The second-order valence-electron chi connectivity index (χ2n) is 7.15. The molecule has 0 amide bonds. The number of aromatic nitrogens is 4. The quantitative estimate of drug-likeness (QED) is 0.717. The van der Waals surface area contributed by atoms with Crippen LogP contribution in [0.3, 0.4) is 0 Å². The first-order valence-electron chi connectivity index (χ1n) is 8.45. The van der Waals surface area contributed by atoms with Crippen molar-refractivity contribution in [3.05, 3.63) is 39.6 Å². The Bertz CT molecular complexity index is 944. The molecule has 0 aromatic carbocycles. The number of nitrogens with zero attached hydrogens (tertiary/aromatic N) is 5. The van der Waals surface area contributed by atoms with Crippen LogP contribution in [0.4, 0.5) is 5.82 Å². The molecule has 2 aliphatic rings. The van der Waals surface area contributed by atoms with Crippen molar-refractivity contribution in [2.75, 3.05) is 11.4 Å². The van der Waals surface area contributed by atoms with E-state index in [1.165, 1.54) is 28.4 Å². The highest BCUT2D eigenvalue weighted by atomic mass is 32.1. The molecule has 5 nitrogen and oxygen atoms in total. The first-order valence-corrected chi connectivity index (χ1v) is 9.26. The molecular weight excluding hydrogens is 318 g/mol. The van der Waals surface area contributed by atoms with Crippen LogP contribution >= 0.6 is 11.3 Å². The molecule has 1 saturated carbocycles. The van der Waals surface area contributed by atoms with Gasteiger partial charge in [-0.25, -0.2) is 15.0 Å². The standard InChI is InChI=1S/C18H19N5S/c1-11-9-13-15(20-7-6-19-13)22-16(11)23-8-3-12-14(10-23)24-17(21-12)18(2)4-5-18/h6-7,9H,3-5,8,10H2,1-2H3. The molecule has 0 spiro atoms. The van der Waals surface area contributed by atoms with Crippen molar-refractivity contribution in [3.63, 3.8) is 0 Å². The van der Waals surface area contributed by atoms with E-state index in [9.17, 15) is 0 Å². The lowest BCUT2D eigenvalue weighted by atomic mass is 10.1. The largest absolute Gasteiger partial charge is 0.351 e. The zero-order chi connectivity index (χ0) is 16.3. The molecule has 0 atom stereocenters. The van der Waals surface area contributed by atoms with Crippen molar-refractivity contribution in [2.24, 2.45) is 0 Å². The molecular formula is C18H19N5S. The molecule has 122 valence electrons. The van der Waals surface area contributed by atoms with Crippen LogP contribution in [0.5, 0.6) is 0 Å². The van der Waals surface area contributed by atoms with Gasteiger partial charge in [0.1, 0.15) is 11.3 Å². The van der Waals surface area contributed by atoms with Gasteiger partial charge in [-0.2, -0.15) is 0 Å². The third-order valence-corrected chi connectivity index (χ3v) is 6.56. The third-order valence-electron chi connectivity index (χ3n) is 5.17. The Labute approximate surface area is 144 Å². The number of anilines is 1. The number of rotatable bonds is 2. The maximum atomic E-state index is 4.93. The minimum atomic E-state index is 0.361. The highest BCUT2D eigenvalue weighted by molar-refractivity contribution is 7.12. The molecule has 1 fully saturated rings. The van der Waals surface area contributed by atoms with Crippen molar-refractivity contribution < 1.29 is 0 Å². The molecule has 0 bridgehead atoms. The van der Waals surface area contributed by atoms with Crippen molar-refractivity contribution >= 4 is 28.3 Å². The Morgan fingerprint density at radius 1 is 1.17 bits per heavy atom. The summed E-state index contributed by atoms with van der Waals surface area (Å²) in [5.41, 5.74) is 4.40. The van der Waals surface area contributed by atoms with E-state index >= 15 is 0 Å². The summed E-state index contributed by atoms with van der Waals surface area (Å²) in [4.78, 5) is 22.2. The summed E-state index contributed by atoms with van der Waals surface area (Å²) in [6.07, 6.45) is 6.99. The molecule has 0 saturated heterocycles. The fourth-order valence-electron chi connectivity index (χ4n) is 3.34. The maximum absolute atomic E-state index is 4.93. The summed E-state index contributed by atoms with van der Waals surface area (Å²) < 4.78 is 0. The zero-order valence-corrected chi connectivity index (χ0v) is 14.7. The van der Waals surface area contributed by atoms with Gasteiger partial charge >= 0.3 is 0 Å². The molecule has 0 unspecified atom stereocenters. The maximum Gasteiger partial charge on any atom is 0.180 e. The number of hydrogen-bond donors (Lipinski definition) is 0. The van der Waals surface area contributed by atoms with Crippen LogP contribution in [0.2, 0.25) is 0 Å². The lowest BCUT2D eigenvalue weighted by Gasteiger charge is -2.28. The van der Waals surface area contributed by atoms with E-state index < -0.39 is 0 Å². The van der Waals surface area contributed by atoms with Gasteiger partial charge < -0.3 is 4.90 Å². The Morgan fingerprint density at radius 3 is 2.83 bits per heavy atom. The monoisotopic (exact) mass is 337 g/mol. The van der Waals surface area contributed by atoms with Gasteiger partial charge in [0.05, 0.1) is 17.2 Å². The van der Waals surface area contributed by atoms with Crippen LogP contribution in [0.1, 0.15) is 40.9 Å². The molecule has 6 heteroatoms. The van der Waals surface area contributed by atoms with Crippen LogP contribution < -0.4 is 4.90 Å². The highest BCUT2D eigenvalue weighted by Gasteiger charge is 2.42. The van der Waals surface area contributed by atoms with E-state index in [1.54, 1.807) is 12.4 Å². The fourth-order valence-corrected chi connectivity index (χ4v) is 4.67. The number of thiazole rings is 1. The van der Waals surface area contributed by atoms with Gasteiger partial charge in [-0.05, 0) is 31.4 Å². The Balaban J connectivity index is 1.50. The molecule has 24 heavy (non-hydrogen) atoms. The lowest BCUT2D eigenvalue weighted by molar-refractivity contribution is 0.706. The van der Waals surface area contributed by atoms with Gasteiger partial charge in [0.25, 0.3) is 0 Å². The highest BCUT2D eigenvalue weighted by Crippen LogP contribution is 2.49. The Hall–Kier alpha value is -2.08.